The zero-order valence-electron chi connectivity index (χ0n) is 10.0. The molecule has 0 heterocycles. The van der Waals surface area contributed by atoms with Gasteiger partial charge in [0.25, 0.3) is 0 Å². The number of hydrogen-bond donors (Lipinski definition) is 1. The molecule has 0 fully saturated rings. The van der Waals surface area contributed by atoms with Gasteiger partial charge < -0.3 is 10.6 Å². The van der Waals surface area contributed by atoms with Gasteiger partial charge in [0.05, 0.1) is 0 Å². The fraction of sp³-hybridized carbons (Fsp3) is 0.143. The first-order valence-corrected chi connectivity index (χ1v) is 6.35. The second kappa shape index (κ2) is 5.40. The Bertz CT molecular complexity index is 520. The Kier molecular flexibility index (Phi) is 3.87. The van der Waals surface area contributed by atoms with Crippen LogP contribution in [-0.2, 0) is 6.54 Å². The molecule has 2 nitrogen and oxygen atoms in total. The summed E-state index contributed by atoms with van der Waals surface area (Å²) in [5, 5.41) is 0. The Balaban J connectivity index is 2.15. The molecule has 0 spiro atoms. The van der Waals surface area contributed by atoms with Crippen molar-refractivity contribution in [3.8, 4) is 0 Å². The minimum Gasteiger partial charge on any atom is -0.399 e. The van der Waals surface area contributed by atoms with E-state index in [-0.39, 0.29) is 5.82 Å². The largest absolute Gasteiger partial charge is 0.399 e. The molecule has 0 aliphatic heterocycles. The number of halogens is 2. The van der Waals surface area contributed by atoms with E-state index in [4.69, 9.17) is 5.73 Å². The minimum atomic E-state index is -0.231. The maximum atomic E-state index is 13.3. The summed E-state index contributed by atoms with van der Waals surface area (Å²) in [6.45, 7) is 0.639. The van der Waals surface area contributed by atoms with Crippen LogP contribution in [0.1, 0.15) is 5.56 Å². The molecule has 2 aromatic carbocycles. The third kappa shape index (κ3) is 3.23. The molecule has 0 unspecified atom stereocenters. The normalized spacial score (nSPS) is 10.4. The van der Waals surface area contributed by atoms with Crippen molar-refractivity contribution < 1.29 is 4.39 Å². The Morgan fingerprint density at radius 3 is 2.44 bits per heavy atom. The molecular formula is C14H14BrFN2. The molecule has 18 heavy (non-hydrogen) atoms. The number of benzene rings is 2. The van der Waals surface area contributed by atoms with E-state index < -0.39 is 0 Å². The molecular weight excluding hydrogens is 295 g/mol. The smallest absolute Gasteiger partial charge is 0.124 e. The predicted molar refractivity (Wildman–Crippen MR) is 77.1 cm³/mol. The van der Waals surface area contributed by atoms with Gasteiger partial charge in [-0.3, -0.25) is 0 Å². The zero-order chi connectivity index (χ0) is 13.1. The van der Waals surface area contributed by atoms with Gasteiger partial charge in [-0.1, -0.05) is 15.9 Å². The van der Waals surface area contributed by atoms with E-state index in [1.54, 1.807) is 6.07 Å². The lowest BCUT2D eigenvalue weighted by atomic mass is 10.2. The van der Waals surface area contributed by atoms with E-state index in [2.05, 4.69) is 15.9 Å². The molecule has 0 bridgehead atoms. The number of nitrogen functional groups attached to an aromatic ring is 1. The Morgan fingerprint density at radius 1 is 1.17 bits per heavy atom. The van der Waals surface area contributed by atoms with Gasteiger partial charge >= 0.3 is 0 Å². The van der Waals surface area contributed by atoms with E-state index in [0.717, 1.165) is 21.4 Å². The van der Waals surface area contributed by atoms with Gasteiger partial charge in [-0.2, -0.15) is 0 Å². The molecule has 0 aliphatic carbocycles. The Labute approximate surface area is 114 Å². The molecule has 0 amide bonds. The first-order chi connectivity index (χ1) is 8.54. The summed E-state index contributed by atoms with van der Waals surface area (Å²) in [5.74, 6) is -0.231. The molecule has 0 aromatic heterocycles. The molecule has 4 heteroatoms. The van der Waals surface area contributed by atoms with Crippen molar-refractivity contribution >= 4 is 27.3 Å². The average Bonchev–Trinajstić information content (AvgIpc) is 2.28. The topological polar surface area (TPSA) is 29.3 Å². The summed E-state index contributed by atoms with van der Waals surface area (Å²) in [5.41, 5.74) is 8.35. The van der Waals surface area contributed by atoms with E-state index in [1.807, 2.05) is 42.3 Å². The fourth-order valence-corrected chi connectivity index (χ4v) is 2.31. The van der Waals surface area contributed by atoms with Crippen LogP contribution in [0, 0.1) is 5.82 Å². The molecule has 0 saturated heterocycles. The van der Waals surface area contributed by atoms with Crippen LogP contribution in [0.2, 0.25) is 0 Å². The standard InChI is InChI=1S/C14H14BrFN2/c1-18(14-4-2-13(17)3-5-14)9-10-6-11(15)8-12(16)7-10/h2-8H,9,17H2,1H3. The molecule has 0 aliphatic rings. The number of hydrogen-bond acceptors (Lipinski definition) is 2. The zero-order valence-corrected chi connectivity index (χ0v) is 11.6. The third-order valence-electron chi connectivity index (χ3n) is 2.68. The lowest BCUT2D eigenvalue weighted by Crippen LogP contribution is -2.16. The lowest BCUT2D eigenvalue weighted by molar-refractivity contribution is 0.624. The highest BCUT2D eigenvalue weighted by Crippen LogP contribution is 2.20. The summed E-state index contributed by atoms with van der Waals surface area (Å²) < 4.78 is 14.0. The Hall–Kier alpha value is -1.55. The van der Waals surface area contributed by atoms with Crippen molar-refractivity contribution in [2.24, 2.45) is 0 Å². The van der Waals surface area contributed by atoms with Gasteiger partial charge in [0.15, 0.2) is 0 Å². The Morgan fingerprint density at radius 2 is 1.83 bits per heavy atom. The van der Waals surface area contributed by atoms with E-state index in [0.29, 0.717) is 6.54 Å². The lowest BCUT2D eigenvalue weighted by Gasteiger charge is -2.19. The maximum Gasteiger partial charge on any atom is 0.124 e. The van der Waals surface area contributed by atoms with Crippen LogP contribution in [0.4, 0.5) is 15.8 Å². The van der Waals surface area contributed by atoms with E-state index in [9.17, 15) is 4.39 Å². The summed E-state index contributed by atoms with van der Waals surface area (Å²) in [6, 6.07) is 12.5. The van der Waals surface area contributed by atoms with Crippen molar-refractivity contribution in [3.05, 3.63) is 58.3 Å². The van der Waals surface area contributed by atoms with Crippen LogP contribution in [0.5, 0.6) is 0 Å². The SMILES string of the molecule is CN(Cc1cc(F)cc(Br)c1)c1ccc(N)cc1. The van der Waals surface area contributed by atoms with Crippen molar-refractivity contribution in [2.45, 2.75) is 6.54 Å². The maximum absolute atomic E-state index is 13.3. The van der Waals surface area contributed by atoms with Gasteiger partial charge in [0, 0.05) is 29.4 Å². The summed E-state index contributed by atoms with van der Waals surface area (Å²) in [4.78, 5) is 2.04. The number of nitrogens with zero attached hydrogens (tertiary/aromatic N) is 1. The van der Waals surface area contributed by atoms with E-state index in [1.165, 1.54) is 6.07 Å². The first kappa shape index (κ1) is 12.9. The second-order valence-electron chi connectivity index (χ2n) is 4.23. The highest BCUT2D eigenvalue weighted by atomic mass is 79.9. The monoisotopic (exact) mass is 308 g/mol. The highest BCUT2D eigenvalue weighted by Gasteiger charge is 2.04. The molecule has 0 atom stereocenters. The van der Waals surface area contributed by atoms with Gasteiger partial charge in [-0.15, -0.1) is 0 Å². The summed E-state index contributed by atoms with van der Waals surface area (Å²) >= 11 is 3.29. The second-order valence-corrected chi connectivity index (χ2v) is 5.14. The molecule has 94 valence electrons. The number of nitrogens with two attached hydrogens (primary N) is 1. The van der Waals surface area contributed by atoms with Gasteiger partial charge in [-0.05, 0) is 48.0 Å². The van der Waals surface area contributed by atoms with Crippen LogP contribution in [0.15, 0.2) is 46.9 Å². The van der Waals surface area contributed by atoms with Crippen LogP contribution in [-0.4, -0.2) is 7.05 Å². The van der Waals surface area contributed by atoms with Crippen LogP contribution >= 0.6 is 15.9 Å². The molecule has 2 rings (SSSR count). The molecule has 2 aromatic rings. The molecule has 2 N–H and O–H groups in total. The van der Waals surface area contributed by atoms with Crippen molar-refractivity contribution in [1.82, 2.24) is 0 Å². The van der Waals surface area contributed by atoms with E-state index >= 15 is 0 Å². The van der Waals surface area contributed by atoms with Crippen molar-refractivity contribution in [1.29, 1.82) is 0 Å². The summed E-state index contributed by atoms with van der Waals surface area (Å²) in [6.07, 6.45) is 0. The summed E-state index contributed by atoms with van der Waals surface area (Å²) in [7, 11) is 1.96. The van der Waals surface area contributed by atoms with Gasteiger partial charge in [-0.25, -0.2) is 4.39 Å². The van der Waals surface area contributed by atoms with Gasteiger partial charge in [0.1, 0.15) is 5.82 Å². The van der Waals surface area contributed by atoms with Crippen molar-refractivity contribution in [3.63, 3.8) is 0 Å². The average molecular weight is 309 g/mol. The minimum absolute atomic E-state index is 0.231. The highest BCUT2D eigenvalue weighted by molar-refractivity contribution is 9.10. The predicted octanol–water partition coefficient (Wildman–Crippen LogP) is 3.81. The van der Waals surface area contributed by atoms with Crippen molar-refractivity contribution in [2.75, 3.05) is 17.7 Å². The number of rotatable bonds is 3. The third-order valence-corrected chi connectivity index (χ3v) is 3.13. The van der Waals surface area contributed by atoms with Crippen LogP contribution < -0.4 is 10.6 Å². The van der Waals surface area contributed by atoms with Gasteiger partial charge in [0.2, 0.25) is 0 Å². The fourth-order valence-electron chi connectivity index (χ4n) is 1.80. The first-order valence-electron chi connectivity index (χ1n) is 5.56. The quantitative estimate of drug-likeness (QED) is 0.874. The number of anilines is 2. The van der Waals surface area contributed by atoms with Crippen LogP contribution in [0.3, 0.4) is 0 Å². The van der Waals surface area contributed by atoms with Crippen LogP contribution in [0.25, 0.3) is 0 Å². The molecule has 0 saturated carbocycles. The molecule has 0 radical (unpaired) electrons.